The van der Waals surface area contributed by atoms with Crippen molar-refractivity contribution >= 4 is 36.4 Å². The van der Waals surface area contributed by atoms with Gasteiger partial charge in [-0.15, -0.1) is 24.8 Å². The van der Waals surface area contributed by atoms with Crippen molar-refractivity contribution in [1.29, 1.82) is 0 Å². The summed E-state index contributed by atoms with van der Waals surface area (Å²) >= 11 is 0. The van der Waals surface area contributed by atoms with Crippen LogP contribution in [0.5, 0.6) is 0 Å². The molecule has 3 N–H and O–H groups in total. The summed E-state index contributed by atoms with van der Waals surface area (Å²) in [6.07, 6.45) is 0. The largest absolute Gasteiger partial charge is 0.376 e. The predicted octanol–water partition coefficient (Wildman–Crippen LogP) is 1.89. The zero-order chi connectivity index (χ0) is 12.7. The molecule has 0 saturated carbocycles. The normalized spacial score (nSPS) is 9.00. The van der Waals surface area contributed by atoms with Crippen LogP contribution in [0.25, 0.3) is 0 Å². The third-order valence-corrected chi connectivity index (χ3v) is 2.60. The maximum absolute atomic E-state index is 11.5. The van der Waals surface area contributed by atoms with Gasteiger partial charge in [-0.2, -0.15) is 0 Å². The molecule has 0 radical (unpaired) electrons. The summed E-state index contributed by atoms with van der Waals surface area (Å²) in [5.41, 5.74) is 3.37. The Kier molecular flexibility index (Phi) is 11.7. The van der Waals surface area contributed by atoms with E-state index in [9.17, 15) is 4.79 Å². The molecule has 1 amide bonds. The second-order valence-electron chi connectivity index (χ2n) is 4.07. The second-order valence-corrected chi connectivity index (χ2v) is 4.07. The molecule has 0 saturated heterocycles. The van der Waals surface area contributed by atoms with Gasteiger partial charge in [0.25, 0.3) is 0 Å². The van der Waals surface area contributed by atoms with Gasteiger partial charge >= 0.3 is 0 Å². The van der Waals surface area contributed by atoms with Crippen LogP contribution in [0, 0.1) is 13.8 Å². The Labute approximate surface area is 127 Å². The zero-order valence-electron chi connectivity index (χ0n) is 11.6. The first-order valence-electron chi connectivity index (χ1n) is 5.86. The number of amides is 1. The lowest BCUT2D eigenvalue weighted by Gasteiger charge is -2.12. The Balaban J connectivity index is 0. The molecule has 0 fully saturated rings. The minimum atomic E-state index is 0. The highest BCUT2D eigenvalue weighted by Crippen LogP contribution is 2.18. The van der Waals surface area contributed by atoms with Crippen molar-refractivity contribution in [3.8, 4) is 0 Å². The molecule has 0 aliphatic carbocycles. The lowest BCUT2D eigenvalue weighted by atomic mass is 10.1. The molecule has 0 heterocycles. The van der Waals surface area contributed by atoms with Gasteiger partial charge in [-0.25, -0.2) is 0 Å². The number of benzene rings is 1. The minimum Gasteiger partial charge on any atom is -0.376 e. The summed E-state index contributed by atoms with van der Waals surface area (Å²) in [7, 11) is 1.86. The first kappa shape index (κ1) is 20.3. The second kappa shape index (κ2) is 10.9. The van der Waals surface area contributed by atoms with Crippen LogP contribution in [0.3, 0.4) is 0 Å². The van der Waals surface area contributed by atoms with Crippen molar-refractivity contribution in [2.75, 3.05) is 32.0 Å². The van der Waals surface area contributed by atoms with Crippen molar-refractivity contribution < 1.29 is 4.79 Å². The average molecular weight is 308 g/mol. The van der Waals surface area contributed by atoms with Gasteiger partial charge in [0, 0.05) is 18.8 Å². The van der Waals surface area contributed by atoms with Crippen molar-refractivity contribution in [2.45, 2.75) is 13.8 Å². The average Bonchev–Trinajstić information content (AvgIpc) is 2.29. The first-order valence-corrected chi connectivity index (χ1v) is 5.86. The highest BCUT2D eigenvalue weighted by atomic mass is 35.5. The molecule has 0 bridgehead atoms. The molecule has 0 spiro atoms. The Morgan fingerprint density at radius 2 is 1.68 bits per heavy atom. The molecule has 0 aromatic heterocycles. The van der Waals surface area contributed by atoms with Crippen LogP contribution in [0.15, 0.2) is 18.2 Å². The fourth-order valence-corrected chi connectivity index (χ4v) is 1.65. The van der Waals surface area contributed by atoms with Crippen LogP contribution < -0.4 is 16.0 Å². The number of hydrogen-bond donors (Lipinski definition) is 3. The summed E-state index contributed by atoms with van der Waals surface area (Å²) in [5, 5.41) is 8.98. The van der Waals surface area contributed by atoms with Crippen molar-refractivity contribution in [3.05, 3.63) is 29.3 Å². The number of para-hydroxylation sites is 1. The van der Waals surface area contributed by atoms with Gasteiger partial charge in [0.2, 0.25) is 5.91 Å². The molecule has 110 valence electrons. The Morgan fingerprint density at radius 3 is 2.21 bits per heavy atom. The Bertz CT molecular complexity index is 366. The van der Waals surface area contributed by atoms with Crippen LogP contribution in [-0.4, -0.2) is 32.6 Å². The quantitative estimate of drug-likeness (QED) is 0.704. The fraction of sp³-hybridized carbons (Fsp3) is 0.462. The van der Waals surface area contributed by atoms with Gasteiger partial charge in [0.15, 0.2) is 0 Å². The molecule has 0 aliphatic rings. The summed E-state index contributed by atoms with van der Waals surface area (Å²) < 4.78 is 0. The topological polar surface area (TPSA) is 53.2 Å². The minimum absolute atomic E-state index is 0. The predicted molar refractivity (Wildman–Crippen MR) is 85.8 cm³/mol. The van der Waals surface area contributed by atoms with Gasteiger partial charge in [-0.3, -0.25) is 4.79 Å². The lowest BCUT2D eigenvalue weighted by molar-refractivity contribution is -0.119. The molecular formula is C13H23Cl2N3O. The van der Waals surface area contributed by atoms with E-state index in [4.69, 9.17) is 0 Å². The molecule has 0 atom stereocenters. The number of hydrogen-bond acceptors (Lipinski definition) is 3. The van der Waals surface area contributed by atoms with E-state index in [1.807, 2.05) is 39.1 Å². The molecule has 1 rings (SSSR count). The maximum Gasteiger partial charge on any atom is 0.239 e. The van der Waals surface area contributed by atoms with E-state index in [1.54, 1.807) is 0 Å². The van der Waals surface area contributed by atoms with Crippen LogP contribution in [0.4, 0.5) is 5.69 Å². The smallest absolute Gasteiger partial charge is 0.239 e. The summed E-state index contributed by atoms with van der Waals surface area (Å²) in [6, 6.07) is 6.09. The zero-order valence-corrected chi connectivity index (χ0v) is 13.2. The third-order valence-electron chi connectivity index (χ3n) is 2.60. The van der Waals surface area contributed by atoms with E-state index in [0.29, 0.717) is 13.1 Å². The van der Waals surface area contributed by atoms with E-state index >= 15 is 0 Å². The molecule has 1 aromatic rings. The van der Waals surface area contributed by atoms with Crippen LogP contribution in [0.2, 0.25) is 0 Å². The van der Waals surface area contributed by atoms with Crippen LogP contribution in [-0.2, 0) is 4.79 Å². The number of carbonyl (C=O) groups is 1. The molecule has 0 unspecified atom stereocenters. The van der Waals surface area contributed by atoms with Gasteiger partial charge in [0.1, 0.15) is 0 Å². The number of halogens is 2. The maximum atomic E-state index is 11.5. The number of aryl methyl sites for hydroxylation is 2. The molecule has 4 nitrogen and oxygen atoms in total. The van der Waals surface area contributed by atoms with E-state index in [2.05, 4.69) is 16.0 Å². The van der Waals surface area contributed by atoms with Gasteiger partial charge in [-0.05, 0) is 32.0 Å². The monoisotopic (exact) mass is 307 g/mol. The van der Waals surface area contributed by atoms with Gasteiger partial charge in [-0.1, -0.05) is 18.2 Å². The summed E-state index contributed by atoms with van der Waals surface area (Å²) in [4.78, 5) is 11.5. The summed E-state index contributed by atoms with van der Waals surface area (Å²) in [6.45, 7) is 5.83. The van der Waals surface area contributed by atoms with Crippen LogP contribution >= 0.6 is 24.8 Å². The van der Waals surface area contributed by atoms with Crippen molar-refractivity contribution in [3.63, 3.8) is 0 Å². The van der Waals surface area contributed by atoms with Gasteiger partial charge < -0.3 is 16.0 Å². The molecule has 1 aromatic carbocycles. The lowest BCUT2D eigenvalue weighted by Crippen LogP contribution is -2.34. The van der Waals surface area contributed by atoms with E-state index in [0.717, 1.165) is 23.4 Å². The fourth-order valence-electron chi connectivity index (χ4n) is 1.65. The van der Waals surface area contributed by atoms with E-state index < -0.39 is 0 Å². The highest BCUT2D eigenvalue weighted by Gasteiger charge is 2.04. The van der Waals surface area contributed by atoms with Gasteiger partial charge in [0.05, 0.1) is 6.54 Å². The number of rotatable bonds is 6. The molecule has 19 heavy (non-hydrogen) atoms. The molecular weight excluding hydrogens is 285 g/mol. The van der Waals surface area contributed by atoms with Crippen LogP contribution in [0.1, 0.15) is 11.1 Å². The third kappa shape index (κ3) is 7.25. The molecule has 6 heteroatoms. The number of likely N-dealkylation sites (N-methyl/N-ethyl adjacent to an activating group) is 1. The van der Waals surface area contributed by atoms with E-state index in [1.165, 1.54) is 0 Å². The first-order chi connectivity index (χ1) is 8.15. The molecule has 0 aliphatic heterocycles. The number of carbonyl (C=O) groups excluding carboxylic acids is 1. The standard InChI is InChI=1S/C13H21N3O.2ClH/c1-10-5-4-6-11(2)13(10)16-9-12(17)15-8-7-14-3;;/h4-6,14,16H,7-9H2,1-3H3,(H,15,17);2*1H. The highest BCUT2D eigenvalue weighted by molar-refractivity contribution is 5.85. The SMILES string of the molecule is CNCCNC(=O)CNc1c(C)cccc1C.Cl.Cl. The summed E-state index contributed by atoms with van der Waals surface area (Å²) in [5.74, 6) is 0.0166. The van der Waals surface area contributed by atoms with E-state index in [-0.39, 0.29) is 30.7 Å². The Morgan fingerprint density at radius 1 is 1.11 bits per heavy atom. The number of anilines is 1. The Hall–Kier alpha value is -0.970. The van der Waals surface area contributed by atoms with Crippen molar-refractivity contribution in [2.24, 2.45) is 0 Å². The number of nitrogens with one attached hydrogen (secondary N) is 3. The van der Waals surface area contributed by atoms with Crippen molar-refractivity contribution in [1.82, 2.24) is 10.6 Å².